The highest BCUT2D eigenvalue weighted by Gasteiger charge is 2.51. The van der Waals surface area contributed by atoms with Crippen LogP contribution in [-0.4, -0.2) is 33.1 Å². The second-order valence-corrected chi connectivity index (χ2v) is 12.6. The molecule has 2 heterocycles. The summed E-state index contributed by atoms with van der Waals surface area (Å²) < 4.78 is 0.646. The molecule has 1 aliphatic heterocycles. The average molecular weight is 475 g/mol. The quantitative estimate of drug-likeness (QED) is 0.303. The van der Waals surface area contributed by atoms with Gasteiger partial charge >= 0.3 is 0 Å². The Balaban J connectivity index is 1.04. The van der Waals surface area contributed by atoms with E-state index in [0.29, 0.717) is 22.2 Å². The number of nitrogens with zero attached hydrogens (tertiary/aromatic N) is 1. The third-order valence-electron chi connectivity index (χ3n) is 7.42. The van der Waals surface area contributed by atoms with E-state index in [1.54, 1.807) is 16.2 Å². The van der Waals surface area contributed by atoms with Gasteiger partial charge in [0.1, 0.15) is 4.32 Å². The van der Waals surface area contributed by atoms with E-state index in [-0.39, 0.29) is 17.4 Å². The zero-order valence-corrected chi connectivity index (χ0v) is 20.3. The molecule has 4 aliphatic carbocycles. The minimum Gasteiger partial charge on any atom is -0.351 e. The monoisotopic (exact) mass is 474 g/mol. The summed E-state index contributed by atoms with van der Waals surface area (Å²) in [5.74, 6) is 2.80. The smallest absolute Gasteiger partial charge is 0.266 e. The van der Waals surface area contributed by atoms with Crippen molar-refractivity contribution in [2.24, 2.45) is 17.8 Å². The van der Waals surface area contributed by atoms with E-state index in [1.165, 1.54) is 50.3 Å². The number of carbonyl (C=O) groups is 2. The van der Waals surface area contributed by atoms with Crippen molar-refractivity contribution in [2.75, 3.05) is 6.54 Å². The highest BCUT2D eigenvalue weighted by Crippen LogP contribution is 2.55. The lowest BCUT2D eigenvalue weighted by Gasteiger charge is -2.56. The van der Waals surface area contributed by atoms with Gasteiger partial charge in [-0.25, -0.2) is 0 Å². The third kappa shape index (κ3) is 4.79. The Kier molecular flexibility index (Phi) is 6.28. The lowest BCUT2D eigenvalue weighted by molar-refractivity contribution is -0.127. The van der Waals surface area contributed by atoms with Gasteiger partial charge in [0.2, 0.25) is 5.91 Å². The van der Waals surface area contributed by atoms with Gasteiger partial charge in [-0.2, -0.15) is 0 Å². The molecule has 6 rings (SSSR count). The molecule has 1 N–H and O–H groups in total. The summed E-state index contributed by atoms with van der Waals surface area (Å²) in [6.45, 7) is 0.642. The molecule has 1 saturated heterocycles. The number of thioether (sulfide) groups is 1. The van der Waals surface area contributed by atoms with Gasteiger partial charge in [-0.3, -0.25) is 14.5 Å². The minimum atomic E-state index is 0.0166. The van der Waals surface area contributed by atoms with Crippen LogP contribution in [0.2, 0.25) is 0 Å². The van der Waals surface area contributed by atoms with Crippen LogP contribution < -0.4 is 5.32 Å². The van der Waals surface area contributed by atoms with E-state index in [2.05, 4.69) is 5.32 Å². The lowest BCUT2D eigenvalue weighted by Crippen LogP contribution is -2.59. The summed E-state index contributed by atoms with van der Waals surface area (Å²) in [4.78, 5) is 28.8. The van der Waals surface area contributed by atoms with Gasteiger partial charge in [-0.15, -0.1) is 11.3 Å². The van der Waals surface area contributed by atoms with Crippen molar-refractivity contribution >= 4 is 57.5 Å². The fourth-order valence-corrected chi connectivity index (χ4v) is 8.58. The Labute approximate surface area is 198 Å². The van der Waals surface area contributed by atoms with Crippen molar-refractivity contribution in [3.8, 4) is 0 Å². The molecule has 4 saturated carbocycles. The summed E-state index contributed by atoms with van der Waals surface area (Å²) in [6.07, 6.45) is 13.0. The van der Waals surface area contributed by atoms with Crippen LogP contribution in [0.5, 0.6) is 0 Å². The van der Waals surface area contributed by atoms with E-state index in [0.717, 1.165) is 41.9 Å². The van der Waals surface area contributed by atoms with Gasteiger partial charge in [0.05, 0.1) is 4.91 Å². The van der Waals surface area contributed by atoms with E-state index < -0.39 is 0 Å². The molecule has 4 bridgehead atoms. The van der Waals surface area contributed by atoms with Crippen LogP contribution in [0.3, 0.4) is 0 Å². The molecule has 2 amide bonds. The number of rotatable bonds is 8. The van der Waals surface area contributed by atoms with Crippen LogP contribution in [0, 0.1) is 17.8 Å². The first-order valence-electron chi connectivity index (χ1n) is 11.6. The summed E-state index contributed by atoms with van der Waals surface area (Å²) in [5.41, 5.74) is 0.114. The fraction of sp³-hybridized carbons (Fsp3) is 0.625. The number of unbranched alkanes of at least 4 members (excludes halogenated alkanes) is 2. The summed E-state index contributed by atoms with van der Waals surface area (Å²) in [7, 11) is 0. The second-order valence-electron chi connectivity index (χ2n) is 9.91. The van der Waals surface area contributed by atoms with E-state index in [1.807, 2.05) is 23.6 Å². The first-order chi connectivity index (χ1) is 15.0. The van der Waals surface area contributed by atoms with Gasteiger partial charge in [-0.05, 0) is 86.6 Å². The predicted octanol–water partition coefficient (Wildman–Crippen LogP) is 5.59. The molecule has 0 atom stereocenters. The molecule has 1 aromatic heterocycles. The molecule has 166 valence electrons. The zero-order chi connectivity index (χ0) is 21.4. The van der Waals surface area contributed by atoms with Crippen LogP contribution in [0.15, 0.2) is 22.4 Å². The molecular formula is C24H30N2O2S3. The average Bonchev–Trinajstić information content (AvgIpc) is 3.29. The maximum atomic E-state index is 12.7. The topological polar surface area (TPSA) is 49.4 Å². The Morgan fingerprint density at radius 2 is 1.87 bits per heavy atom. The van der Waals surface area contributed by atoms with Gasteiger partial charge in [0.25, 0.3) is 5.91 Å². The van der Waals surface area contributed by atoms with Gasteiger partial charge in [-0.1, -0.05) is 36.5 Å². The highest BCUT2D eigenvalue weighted by atomic mass is 32.2. The standard InChI is InChI=1S/C24H30N2O2S3/c27-21(25-24-13-16-9-17(14-24)11-18(10-16)15-24)6-2-1-3-7-26-22(28)20(31-23(26)29)12-19-5-4-8-30-19/h4-5,8,12,16-18H,1-3,6-7,9-11,13-15H2,(H,25,27)/b20-12+. The van der Waals surface area contributed by atoms with Crippen molar-refractivity contribution in [3.05, 3.63) is 27.3 Å². The minimum absolute atomic E-state index is 0.0166. The summed E-state index contributed by atoms with van der Waals surface area (Å²) >= 11 is 8.43. The largest absolute Gasteiger partial charge is 0.351 e. The molecule has 0 unspecified atom stereocenters. The first-order valence-corrected chi connectivity index (χ1v) is 13.7. The second kappa shape index (κ2) is 8.99. The molecule has 31 heavy (non-hydrogen) atoms. The lowest BCUT2D eigenvalue weighted by atomic mass is 9.53. The third-order valence-corrected chi connectivity index (χ3v) is 9.62. The van der Waals surface area contributed by atoms with Gasteiger partial charge < -0.3 is 5.32 Å². The van der Waals surface area contributed by atoms with Gasteiger partial charge in [0.15, 0.2) is 0 Å². The van der Waals surface area contributed by atoms with E-state index >= 15 is 0 Å². The number of nitrogens with one attached hydrogen (secondary N) is 1. The number of hydrogen-bond donors (Lipinski definition) is 1. The Morgan fingerprint density at radius 1 is 1.16 bits per heavy atom. The number of carbonyl (C=O) groups excluding carboxylic acids is 2. The number of hydrogen-bond acceptors (Lipinski definition) is 5. The first kappa shape index (κ1) is 21.7. The molecule has 0 aromatic carbocycles. The fourth-order valence-electron chi connectivity index (χ4n) is 6.55. The zero-order valence-electron chi connectivity index (χ0n) is 17.8. The summed E-state index contributed by atoms with van der Waals surface area (Å²) in [6, 6.07) is 3.99. The SMILES string of the molecule is O=C(CCCCCN1C(=O)/C(=C\c2cccs2)SC1=S)NC12CC3CC(CC(C3)C1)C2. The van der Waals surface area contributed by atoms with Crippen LogP contribution in [-0.2, 0) is 9.59 Å². The maximum Gasteiger partial charge on any atom is 0.266 e. The Bertz CT molecular complexity index is 857. The van der Waals surface area contributed by atoms with Crippen molar-refractivity contribution in [3.63, 3.8) is 0 Å². The van der Waals surface area contributed by atoms with E-state index in [9.17, 15) is 9.59 Å². The molecule has 4 nitrogen and oxygen atoms in total. The normalized spacial score (nSPS) is 33.0. The van der Waals surface area contributed by atoms with Crippen molar-refractivity contribution in [1.29, 1.82) is 0 Å². The molecule has 0 spiro atoms. The van der Waals surface area contributed by atoms with E-state index in [4.69, 9.17) is 12.2 Å². The van der Waals surface area contributed by atoms with Crippen molar-refractivity contribution in [1.82, 2.24) is 10.2 Å². The molecule has 5 aliphatic rings. The Morgan fingerprint density at radius 3 is 2.52 bits per heavy atom. The number of thiocarbonyl (C=S) groups is 1. The number of thiophene rings is 1. The van der Waals surface area contributed by atoms with Crippen LogP contribution in [0.25, 0.3) is 6.08 Å². The molecular weight excluding hydrogens is 444 g/mol. The Hall–Kier alpha value is -1.18. The molecule has 7 heteroatoms. The molecule has 1 aromatic rings. The molecule has 5 fully saturated rings. The van der Waals surface area contributed by atoms with Crippen molar-refractivity contribution in [2.45, 2.75) is 69.7 Å². The highest BCUT2D eigenvalue weighted by molar-refractivity contribution is 8.26. The van der Waals surface area contributed by atoms with Crippen LogP contribution in [0.4, 0.5) is 0 Å². The predicted molar refractivity (Wildman–Crippen MR) is 132 cm³/mol. The number of amides is 2. The van der Waals surface area contributed by atoms with Crippen LogP contribution in [0.1, 0.15) is 69.1 Å². The van der Waals surface area contributed by atoms with Crippen LogP contribution >= 0.6 is 35.3 Å². The molecule has 0 radical (unpaired) electrons. The van der Waals surface area contributed by atoms with Gasteiger partial charge in [0, 0.05) is 23.4 Å². The van der Waals surface area contributed by atoms with Crippen molar-refractivity contribution < 1.29 is 9.59 Å². The maximum absolute atomic E-state index is 12.7. The summed E-state index contributed by atoms with van der Waals surface area (Å²) in [5, 5.41) is 5.47.